The minimum Gasteiger partial charge on any atom is -0.490 e. The molecule has 0 aromatic heterocycles. The summed E-state index contributed by atoms with van der Waals surface area (Å²) >= 11 is 0. The zero-order valence-electron chi connectivity index (χ0n) is 14.9. The van der Waals surface area contributed by atoms with Gasteiger partial charge in [-0.2, -0.15) is 0 Å². The predicted molar refractivity (Wildman–Crippen MR) is 101 cm³/mol. The first-order chi connectivity index (χ1) is 11.4. The minimum absolute atomic E-state index is 0. The van der Waals surface area contributed by atoms with E-state index in [9.17, 15) is 9.59 Å². The zero-order chi connectivity index (χ0) is 17.3. The number of fused-ring (bicyclic) bond motifs is 1. The predicted octanol–water partition coefficient (Wildman–Crippen LogP) is 2.57. The molecule has 3 rings (SSSR count). The number of carbonyl (C=O) groups excluding carboxylic acids is 2. The SMILES string of the molecule is CC(C)(C)C(=O)N1CCOc2ccc(NC(=O)C3CCCN3)cc21.Cl. The lowest BCUT2D eigenvalue weighted by molar-refractivity contribution is -0.126. The highest BCUT2D eigenvalue weighted by Gasteiger charge is 2.32. The van der Waals surface area contributed by atoms with Crippen LogP contribution in [0, 0.1) is 5.41 Å². The van der Waals surface area contributed by atoms with Crippen molar-refractivity contribution in [3.63, 3.8) is 0 Å². The fourth-order valence-corrected chi connectivity index (χ4v) is 3.05. The van der Waals surface area contributed by atoms with Crippen molar-refractivity contribution in [2.24, 2.45) is 5.41 Å². The third-order valence-corrected chi connectivity index (χ3v) is 4.35. The van der Waals surface area contributed by atoms with Gasteiger partial charge in [-0.3, -0.25) is 9.59 Å². The van der Waals surface area contributed by atoms with Crippen molar-refractivity contribution < 1.29 is 14.3 Å². The van der Waals surface area contributed by atoms with Gasteiger partial charge in [0.25, 0.3) is 0 Å². The molecule has 2 amide bonds. The monoisotopic (exact) mass is 367 g/mol. The molecule has 2 aliphatic heterocycles. The molecule has 0 saturated carbocycles. The van der Waals surface area contributed by atoms with Gasteiger partial charge in [0.1, 0.15) is 12.4 Å². The molecule has 2 aliphatic rings. The van der Waals surface area contributed by atoms with Gasteiger partial charge in [-0.15, -0.1) is 12.4 Å². The highest BCUT2D eigenvalue weighted by atomic mass is 35.5. The molecule has 1 saturated heterocycles. The van der Waals surface area contributed by atoms with Crippen LogP contribution in [0.3, 0.4) is 0 Å². The number of hydrogen-bond acceptors (Lipinski definition) is 4. The Bertz CT molecular complexity index is 651. The molecule has 2 heterocycles. The fourth-order valence-electron chi connectivity index (χ4n) is 3.05. The minimum atomic E-state index is -0.471. The van der Waals surface area contributed by atoms with E-state index in [0.29, 0.717) is 24.6 Å². The lowest BCUT2D eigenvalue weighted by Crippen LogP contribution is -2.44. The first-order valence-corrected chi connectivity index (χ1v) is 8.49. The largest absolute Gasteiger partial charge is 0.490 e. The number of halogens is 1. The van der Waals surface area contributed by atoms with Crippen LogP contribution in [0.1, 0.15) is 33.6 Å². The molecule has 0 spiro atoms. The highest BCUT2D eigenvalue weighted by Crippen LogP contribution is 2.36. The van der Waals surface area contributed by atoms with Crippen molar-refractivity contribution in [3.8, 4) is 5.75 Å². The van der Waals surface area contributed by atoms with Crippen LogP contribution < -0.4 is 20.3 Å². The smallest absolute Gasteiger partial charge is 0.241 e. The second kappa shape index (κ2) is 7.62. The number of ether oxygens (including phenoxy) is 1. The second-order valence-electron chi connectivity index (χ2n) is 7.38. The fraction of sp³-hybridized carbons (Fsp3) is 0.556. The van der Waals surface area contributed by atoms with E-state index in [0.717, 1.165) is 25.1 Å². The first kappa shape index (κ1) is 19.5. The van der Waals surface area contributed by atoms with Gasteiger partial charge < -0.3 is 20.3 Å². The van der Waals surface area contributed by atoms with Gasteiger partial charge >= 0.3 is 0 Å². The summed E-state index contributed by atoms with van der Waals surface area (Å²) in [5, 5.41) is 6.12. The number of amides is 2. The Morgan fingerprint density at radius 1 is 1.32 bits per heavy atom. The van der Waals surface area contributed by atoms with Crippen molar-refractivity contribution in [2.75, 3.05) is 29.9 Å². The van der Waals surface area contributed by atoms with Gasteiger partial charge in [-0.05, 0) is 37.6 Å². The van der Waals surface area contributed by atoms with E-state index < -0.39 is 5.41 Å². The summed E-state index contributed by atoms with van der Waals surface area (Å²) in [5.41, 5.74) is 0.935. The maximum absolute atomic E-state index is 12.7. The van der Waals surface area contributed by atoms with E-state index in [2.05, 4.69) is 10.6 Å². The zero-order valence-corrected chi connectivity index (χ0v) is 15.7. The molecule has 0 bridgehead atoms. The summed E-state index contributed by atoms with van der Waals surface area (Å²) in [5.74, 6) is 0.696. The molecular weight excluding hydrogens is 342 g/mol. The van der Waals surface area contributed by atoms with Crippen molar-refractivity contribution in [3.05, 3.63) is 18.2 Å². The Hall–Kier alpha value is -1.79. The van der Waals surface area contributed by atoms with Gasteiger partial charge in [0.2, 0.25) is 11.8 Å². The van der Waals surface area contributed by atoms with Crippen LogP contribution in [0.5, 0.6) is 5.75 Å². The van der Waals surface area contributed by atoms with Crippen LogP contribution in [0.25, 0.3) is 0 Å². The molecule has 138 valence electrons. The van der Waals surface area contributed by atoms with Gasteiger partial charge in [-0.25, -0.2) is 0 Å². The Kier molecular flexibility index (Phi) is 5.95. The number of benzene rings is 1. The van der Waals surface area contributed by atoms with Crippen LogP contribution in [0.2, 0.25) is 0 Å². The molecule has 1 unspecified atom stereocenters. The summed E-state index contributed by atoms with van der Waals surface area (Å²) < 4.78 is 5.66. The number of nitrogens with zero attached hydrogens (tertiary/aromatic N) is 1. The lowest BCUT2D eigenvalue weighted by atomic mass is 9.94. The van der Waals surface area contributed by atoms with Crippen LogP contribution in [0.4, 0.5) is 11.4 Å². The Morgan fingerprint density at radius 3 is 2.72 bits per heavy atom. The third-order valence-electron chi connectivity index (χ3n) is 4.35. The maximum Gasteiger partial charge on any atom is 0.241 e. The van der Waals surface area contributed by atoms with Crippen molar-refractivity contribution >= 4 is 35.6 Å². The van der Waals surface area contributed by atoms with E-state index in [4.69, 9.17) is 4.74 Å². The summed E-state index contributed by atoms with van der Waals surface area (Å²) in [6.45, 7) is 7.59. The lowest BCUT2D eigenvalue weighted by Gasteiger charge is -2.34. The average Bonchev–Trinajstić information content (AvgIpc) is 3.07. The van der Waals surface area contributed by atoms with Crippen molar-refractivity contribution in [1.82, 2.24) is 5.32 Å². The maximum atomic E-state index is 12.7. The van der Waals surface area contributed by atoms with Gasteiger partial charge in [-0.1, -0.05) is 20.8 Å². The topological polar surface area (TPSA) is 70.7 Å². The molecule has 1 aromatic rings. The van der Waals surface area contributed by atoms with Gasteiger partial charge in [0, 0.05) is 11.1 Å². The molecule has 6 nitrogen and oxygen atoms in total. The highest BCUT2D eigenvalue weighted by molar-refractivity contribution is 6.00. The van der Waals surface area contributed by atoms with Crippen LogP contribution in [0.15, 0.2) is 18.2 Å². The first-order valence-electron chi connectivity index (χ1n) is 8.49. The normalized spacial score (nSPS) is 19.5. The van der Waals surface area contributed by atoms with E-state index in [1.807, 2.05) is 39.0 Å². The quantitative estimate of drug-likeness (QED) is 0.842. The molecule has 1 atom stereocenters. The van der Waals surface area contributed by atoms with Crippen molar-refractivity contribution in [1.29, 1.82) is 0 Å². The standard InChI is InChI=1S/C18H25N3O3.ClH/c1-18(2,3)17(23)21-9-10-24-15-7-6-12(11-14(15)21)20-16(22)13-5-4-8-19-13;/h6-7,11,13,19H,4-5,8-10H2,1-3H3,(H,20,22);1H. The van der Waals surface area contributed by atoms with Gasteiger partial charge in [0.15, 0.2) is 0 Å². The number of hydrogen-bond donors (Lipinski definition) is 2. The second-order valence-corrected chi connectivity index (χ2v) is 7.38. The van der Waals surface area contributed by atoms with Crippen LogP contribution in [-0.4, -0.2) is 37.6 Å². The summed E-state index contributed by atoms with van der Waals surface area (Å²) in [4.78, 5) is 26.7. The Labute approximate surface area is 154 Å². The van der Waals surface area contributed by atoms with Crippen LogP contribution in [-0.2, 0) is 9.59 Å². The number of nitrogens with one attached hydrogen (secondary N) is 2. The molecule has 25 heavy (non-hydrogen) atoms. The van der Waals surface area contributed by atoms with E-state index in [1.54, 1.807) is 4.90 Å². The van der Waals surface area contributed by atoms with Crippen molar-refractivity contribution in [2.45, 2.75) is 39.7 Å². The molecule has 7 heteroatoms. The molecule has 1 fully saturated rings. The average molecular weight is 368 g/mol. The van der Waals surface area contributed by atoms with E-state index in [-0.39, 0.29) is 30.3 Å². The molecular formula is C18H26ClN3O3. The number of carbonyl (C=O) groups is 2. The number of anilines is 2. The van der Waals surface area contributed by atoms with E-state index in [1.165, 1.54) is 0 Å². The summed E-state index contributed by atoms with van der Waals surface area (Å²) in [6.07, 6.45) is 1.87. The Morgan fingerprint density at radius 2 is 2.08 bits per heavy atom. The molecule has 2 N–H and O–H groups in total. The van der Waals surface area contributed by atoms with E-state index >= 15 is 0 Å². The summed E-state index contributed by atoms with van der Waals surface area (Å²) in [6, 6.07) is 5.32. The van der Waals surface area contributed by atoms with Crippen LogP contribution >= 0.6 is 12.4 Å². The van der Waals surface area contributed by atoms with Gasteiger partial charge in [0.05, 0.1) is 18.3 Å². The Balaban J connectivity index is 0.00000225. The summed E-state index contributed by atoms with van der Waals surface area (Å²) in [7, 11) is 0. The molecule has 1 aromatic carbocycles. The number of rotatable bonds is 2. The third kappa shape index (κ3) is 4.25. The molecule has 0 aliphatic carbocycles. The molecule has 0 radical (unpaired) electrons.